The number of aromatic amines is 1. The summed E-state index contributed by atoms with van der Waals surface area (Å²) in [6, 6.07) is 8.41. The predicted octanol–water partition coefficient (Wildman–Crippen LogP) is 2.91. The van der Waals surface area contributed by atoms with Gasteiger partial charge in [0, 0.05) is 23.7 Å². The lowest BCUT2D eigenvalue weighted by molar-refractivity contribution is -0.654. The lowest BCUT2D eigenvalue weighted by Gasteiger charge is -2.30. The first-order valence-corrected chi connectivity index (χ1v) is 8.99. The molecule has 0 amide bonds. The Hall–Kier alpha value is -2.56. The number of nitrogens with two attached hydrogens (primary N) is 2. The monoisotopic (exact) mass is 336 g/mol. The van der Waals surface area contributed by atoms with Crippen LogP contribution in [0.15, 0.2) is 29.4 Å². The van der Waals surface area contributed by atoms with Gasteiger partial charge in [-0.1, -0.05) is 43.6 Å². The zero-order chi connectivity index (χ0) is 17.8. The molecule has 130 valence electrons. The van der Waals surface area contributed by atoms with Crippen molar-refractivity contribution in [2.24, 2.45) is 16.4 Å². The molecule has 0 bridgehead atoms. The van der Waals surface area contributed by atoms with E-state index in [0.29, 0.717) is 0 Å². The normalized spacial score (nSPS) is 18.1. The number of para-hydroxylation sites is 1. The smallest absolute Gasteiger partial charge is 0.223 e. The molecule has 0 unspecified atom stereocenters. The number of nitrogens with zero attached hydrogens (tertiary/aromatic N) is 2. The Labute approximate surface area is 147 Å². The standard InChI is InChI=1S/C20H25N5/c1-4-7-15-17-12-8-5-6-9-13(12)23-19(17)18-14(24-21)10-20(2,3)11-16(18)25(15)22/h5-6,8-9H,4,7,10-11,21-22H2,1-3H3/p+1. The van der Waals surface area contributed by atoms with Crippen LogP contribution >= 0.6 is 0 Å². The van der Waals surface area contributed by atoms with Crippen molar-refractivity contribution in [3.8, 4) is 0 Å². The summed E-state index contributed by atoms with van der Waals surface area (Å²) in [4.78, 5) is 3.62. The highest BCUT2D eigenvalue weighted by Crippen LogP contribution is 2.39. The van der Waals surface area contributed by atoms with Crippen LogP contribution in [0.25, 0.3) is 21.8 Å². The third kappa shape index (κ3) is 2.29. The van der Waals surface area contributed by atoms with Crippen LogP contribution < -0.4 is 16.4 Å². The van der Waals surface area contributed by atoms with Gasteiger partial charge in [-0.15, -0.1) is 0 Å². The molecule has 0 atom stereocenters. The molecule has 5 nitrogen and oxygen atoms in total. The van der Waals surface area contributed by atoms with E-state index in [1.165, 1.54) is 16.5 Å². The van der Waals surface area contributed by atoms with Gasteiger partial charge >= 0.3 is 0 Å². The van der Waals surface area contributed by atoms with Gasteiger partial charge in [0.15, 0.2) is 0 Å². The number of hydrogen-bond acceptors (Lipinski definition) is 3. The fourth-order valence-corrected chi connectivity index (χ4v) is 4.31. The van der Waals surface area contributed by atoms with Crippen LogP contribution in [-0.4, -0.2) is 10.7 Å². The number of rotatable bonds is 2. The average Bonchev–Trinajstić information content (AvgIpc) is 2.96. The van der Waals surface area contributed by atoms with E-state index >= 15 is 0 Å². The largest absolute Gasteiger partial charge is 0.354 e. The van der Waals surface area contributed by atoms with Crippen LogP contribution in [0.4, 0.5) is 0 Å². The predicted molar refractivity (Wildman–Crippen MR) is 103 cm³/mol. The number of hydrazone groups is 1. The van der Waals surface area contributed by atoms with Gasteiger partial charge in [0.1, 0.15) is 0 Å². The highest BCUT2D eigenvalue weighted by atomic mass is 15.3. The molecule has 0 saturated heterocycles. The number of nitrogen functional groups attached to an aromatic ring is 1. The van der Waals surface area contributed by atoms with Crippen molar-refractivity contribution in [3.63, 3.8) is 0 Å². The molecule has 0 radical (unpaired) electrons. The molecule has 5 heteroatoms. The van der Waals surface area contributed by atoms with Gasteiger partial charge in [0.2, 0.25) is 11.4 Å². The fourth-order valence-electron chi connectivity index (χ4n) is 4.31. The lowest BCUT2D eigenvalue weighted by Crippen LogP contribution is -2.55. The Balaban J connectivity index is 2.20. The molecular weight excluding hydrogens is 310 g/mol. The molecule has 0 aliphatic heterocycles. The zero-order valence-electron chi connectivity index (χ0n) is 15.2. The Bertz CT molecular complexity index is 1010. The topological polar surface area (TPSA) is 84.1 Å². The van der Waals surface area contributed by atoms with Crippen molar-refractivity contribution >= 4 is 27.5 Å². The summed E-state index contributed by atoms with van der Waals surface area (Å²) in [6.45, 7) is 6.68. The van der Waals surface area contributed by atoms with Crippen molar-refractivity contribution < 1.29 is 4.68 Å². The highest BCUT2D eigenvalue weighted by Gasteiger charge is 2.39. The van der Waals surface area contributed by atoms with E-state index in [1.54, 1.807) is 0 Å². The van der Waals surface area contributed by atoms with E-state index in [9.17, 15) is 0 Å². The molecule has 1 aliphatic carbocycles. The van der Waals surface area contributed by atoms with Gasteiger partial charge in [-0.2, -0.15) is 5.10 Å². The number of benzene rings is 1. The van der Waals surface area contributed by atoms with Gasteiger partial charge in [-0.05, 0) is 24.3 Å². The maximum Gasteiger partial charge on any atom is 0.223 e. The molecule has 1 aromatic carbocycles. The Kier molecular flexibility index (Phi) is 3.49. The molecule has 3 aromatic rings. The SMILES string of the molecule is CCCc1c2c([nH]c3ccccc32)c2c([n+]1N)CC(C)(C)CC2=NN. The van der Waals surface area contributed by atoms with Crippen LogP contribution in [0.5, 0.6) is 0 Å². The molecule has 25 heavy (non-hydrogen) atoms. The van der Waals surface area contributed by atoms with Crippen molar-refractivity contribution in [1.29, 1.82) is 0 Å². The van der Waals surface area contributed by atoms with Gasteiger partial charge in [0.05, 0.1) is 22.2 Å². The first-order chi connectivity index (χ1) is 12.0. The first-order valence-electron chi connectivity index (χ1n) is 8.99. The van der Waals surface area contributed by atoms with E-state index in [2.05, 4.69) is 55.1 Å². The molecule has 5 N–H and O–H groups in total. The van der Waals surface area contributed by atoms with Crippen molar-refractivity contribution in [2.45, 2.75) is 46.5 Å². The maximum absolute atomic E-state index is 6.65. The highest BCUT2D eigenvalue weighted by molar-refractivity contribution is 6.18. The third-order valence-electron chi connectivity index (χ3n) is 5.34. The quantitative estimate of drug-likeness (QED) is 0.382. The summed E-state index contributed by atoms with van der Waals surface area (Å²) in [6.07, 6.45) is 3.76. The Morgan fingerprint density at radius 2 is 2.00 bits per heavy atom. The summed E-state index contributed by atoms with van der Waals surface area (Å²) < 4.78 is 1.91. The van der Waals surface area contributed by atoms with Gasteiger partial charge < -0.3 is 10.8 Å². The van der Waals surface area contributed by atoms with Crippen LogP contribution in [0.2, 0.25) is 0 Å². The number of aryl methyl sites for hydroxylation is 1. The minimum atomic E-state index is 0.0928. The second-order valence-corrected chi connectivity index (χ2v) is 7.90. The van der Waals surface area contributed by atoms with Gasteiger partial charge in [0.25, 0.3) is 0 Å². The number of nitrogens with one attached hydrogen (secondary N) is 1. The van der Waals surface area contributed by atoms with Crippen LogP contribution in [0.1, 0.15) is 50.6 Å². The molecule has 4 rings (SSSR count). The van der Waals surface area contributed by atoms with Gasteiger partial charge in [-0.3, -0.25) is 0 Å². The summed E-state index contributed by atoms with van der Waals surface area (Å²) in [5.41, 5.74) is 6.69. The first kappa shape index (κ1) is 15.9. The van der Waals surface area contributed by atoms with Crippen LogP contribution in [0.3, 0.4) is 0 Å². The summed E-state index contributed by atoms with van der Waals surface area (Å²) in [7, 11) is 0. The molecule has 2 heterocycles. The molecule has 2 aromatic heterocycles. The molecular formula is C20H26N5+. The zero-order valence-corrected chi connectivity index (χ0v) is 15.2. The van der Waals surface area contributed by atoms with E-state index in [0.717, 1.165) is 53.7 Å². The Morgan fingerprint density at radius 1 is 1.24 bits per heavy atom. The average molecular weight is 336 g/mol. The number of H-pyrrole nitrogens is 1. The number of hydrogen-bond donors (Lipinski definition) is 3. The van der Waals surface area contributed by atoms with Gasteiger partial charge in [-0.25, -0.2) is 5.84 Å². The number of pyridine rings is 1. The lowest BCUT2D eigenvalue weighted by atomic mass is 9.74. The molecule has 0 fully saturated rings. The van der Waals surface area contributed by atoms with E-state index in [-0.39, 0.29) is 5.41 Å². The van der Waals surface area contributed by atoms with E-state index in [4.69, 9.17) is 11.7 Å². The van der Waals surface area contributed by atoms with Crippen LogP contribution in [-0.2, 0) is 12.8 Å². The third-order valence-corrected chi connectivity index (χ3v) is 5.34. The van der Waals surface area contributed by atoms with E-state index < -0.39 is 0 Å². The fraction of sp³-hybridized carbons (Fsp3) is 0.400. The summed E-state index contributed by atoms with van der Waals surface area (Å²) in [5, 5.41) is 6.57. The van der Waals surface area contributed by atoms with Crippen molar-refractivity contribution in [1.82, 2.24) is 4.98 Å². The summed E-state index contributed by atoms with van der Waals surface area (Å²) >= 11 is 0. The molecule has 0 spiro atoms. The van der Waals surface area contributed by atoms with Crippen molar-refractivity contribution in [2.75, 3.05) is 5.84 Å². The van der Waals surface area contributed by atoms with Crippen LogP contribution in [0, 0.1) is 5.41 Å². The minimum Gasteiger partial charge on any atom is -0.354 e. The second-order valence-electron chi connectivity index (χ2n) is 7.90. The Morgan fingerprint density at radius 3 is 2.72 bits per heavy atom. The molecule has 1 aliphatic rings. The maximum atomic E-state index is 6.65. The number of fused-ring (bicyclic) bond motifs is 5. The summed E-state index contributed by atoms with van der Waals surface area (Å²) in [5.74, 6) is 12.4. The molecule has 0 saturated carbocycles. The second kappa shape index (κ2) is 5.48. The van der Waals surface area contributed by atoms with E-state index in [1.807, 2.05) is 4.68 Å². The van der Waals surface area contributed by atoms with Crippen molar-refractivity contribution in [3.05, 3.63) is 41.2 Å². The minimum absolute atomic E-state index is 0.0928. The number of aromatic nitrogens is 2.